The Hall–Kier alpha value is -0.550. The number of carbonyl (C=O) groups excluding carboxylic acids is 1. The number of aromatic nitrogens is 1. The van der Waals surface area contributed by atoms with E-state index in [-0.39, 0.29) is 12.1 Å². The zero-order valence-electron chi connectivity index (χ0n) is 8.35. The maximum Gasteiger partial charge on any atom is 0.306 e. The number of hydrogen-bond acceptors (Lipinski definition) is 5. The molecule has 0 radical (unpaired) electrons. The first-order valence-corrected chi connectivity index (χ1v) is 7.08. The van der Waals surface area contributed by atoms with E-state index in [1.807, 2.05) is 17.1 Å². The molecule has 0 N–H and O–H groups in total. The minimum Gasteiger partial charge on any atom is -0.461 e. The van der Waals surface area contributed by atoms with Crippen molar-refractivity contribution in [3.63, 3.8) is 0 Å². The van der Waals surface area contributed by atoms with Crippen molar-refractivity contribution in [2.45, 2.75) is 25.4 Å². The van der Waals surface area contributed by atoms with Gasteiger partial charge in [0.15, 0.2) is 0 Å². The van der Waals surface area contributed by atoms with Gasteiger partial charge in [0.2, 0.25) is 0 Å². The molecule has 2 rings (SSSR count). The topological polar surface area (TPSA) is 39.2 Å². The van der Waals surface area contributed by atoms with Crippen molar-refractivity contribution in [1.29, 1.82) is 0 Å². The maximum absolute atomic E-state index is 11.4. The monoisotopic (exact) mass is 243 g/mol. The Balaban J connectivity index is 1.68. The molecule has 1 fully saturated rings. The Kier molecular flexibility index (Phi) is 4.02. The molecule has 0 unspecified atom stereocenters. The van der Waals surface area contributed by atoms with Crippen molar-refractivity contribution < 1.29 is 9.53 Å². The highest BCUT2D eigenvalue weighted by atomic mass is 32.2. The van der Waals surface area contributed by atoms with Gasteiger partial charge < -0.3 is 4.74 Å². The van der Waals surface area contributed by atoms with E-state index < -0.39 is 0 Å². The van der Waals surface area contributed by atoms with Gasteiger partial charge in [-0.2, -0.15) is 11.8 Å². The molecule has 15 heavy (non-hydrogen) atoms. The largest absolute Gasteiger partial charge is 0.461 e. The van der Waals surface area contributed by atoms with Crippen LogP contribution in [-0.2, 0) is 16.0 Å². The van der Waals surface area contributed by atoms with Crippen LogP contribution in [0.1, 0.15) is 18.5 Å². The van der Waals surface area contributed by atoms with Gasteiger partial charge in [-0.15, -0.1) is 11.3 Å². The Morgan fingerprint density at radius 2 is 2.60 bits per heavy atom. The zero-order chi connectivity index (χ0) is 10.5. The standard InChI is InChI=1S/C10H13NO2S2/c12-10(13-9-3-4-14-6-9)2-1-8-5-15-7-11-8/h5,7,9H,1-4,6H2/t9-/m1/s1. The predicted octanol–water partition coefficient (Wildman–Crippen LogP) is 2.12. The average molecular weight is 243 g/mol. The zero-order valence-corrected chi connectivity index (χ0v) is 9.98. The summed E-state index contributed by atoms with van der Waals surface area (Å²) in [7, 11) is 0. The van der Waals surface area contributed by atoms with Gasteiger partial charge in [0, 0.05) is 17.6 Å². The molecule has 1 aliphatic heterocycles. The lowest BCUT2D eigenvalue weighted by molar-refractivity contribution is -0.147. The van der Waals surface area contributed by atoms with E-state index in [1.165, 1.54) is 0 Å². The van der Waals surface area contributed by atoms with Crippen LogP contribution in [0.2, 0.25) is 0 Å². The molecule has 1 aromatic rings. The molecular formula is C10H13NO2S2. The summed E-state index contributed by atoms with van der Waals surface area (Å²) in [4.78, 5) is 15.6. The first-order valence-electron chi connectivity index (χ1n) is 4.99. The number of thiazole rings is 1. The third kappa shape index (κ3) is 3.50. The van der Waals surface area contributed by atoms with E-state index in [9.17, 15) is 4.79 Å². The highest BCUT2D eigenvalue weighted by Gasteiger charge is 2.19. The lowest BCUT2D eigenvalue weighted by Crippen LogP contribution is -2.17. The van der Waals surface area contributed by atoms with E-state index in [4.69, 9.17) is 4.74 Å². The summed E-state index contributed by atoms with van der Waals surface area (Å²) in [5.41, 5.74) is 2.77. The van der Waals surface area contributed by atoms with Crippen molar-refractivity contribution in [2.75, 3.05) is 11.5 Å². The lowest BCUT2D eigenvalue weighted by atomic mass is 10.2. The molecule has 0 bridgehead atoms. The number of hydrogen-bond donors (Lipinski definition) is 0. The van der Waals surface area contributed by atoms with Crippen molar-refractivity contribution in [3.05, 3.63) is 16.6 Å². The van der Waals surface area contributed by atoms with Crippen LogP contribution in [0, 0.1) is 0 Å². The van der Waals surface area contributed by atoms with Crippen molar-refractivity contribution in [2.24, 2.45) is 0 Å². The fourth-order valence-corrected chi connectivity index (χ4v) is 3.13. The molecule has 1 aromatic heterocycles. The van der Waals surface area contributed by atoms with Crippen LogP contribution in [0.5, 0.6) is 0 Å². The molecular weight excluding hydrogens is 230 g/mol. The second-order valence-electron chi connectivity index (χ2n) is 3.46. The molecule has 5 heteroatoms. The molecule has 0 aliphatic carbocycles. The van der Waals surface area contributed by atoms with E-state index in [1.54, 1.807) is 16.8 Å². The van der Waals surface area contributed by atoms with Crippen LogP contribution in [-0.4, -0.2) is 28.6 Å². The van der Waals surface area contributed by atoms with Crippen LogP contribution in [0.15, 0.2) is 10.9 Å². The van der Waals surface area contributed by atoms with E-state index >= 15 is 0 Å². The van der Waals surface area contributed by atoms with E-state index in [0.29, 0.717) is 12.8 Å². The van der Waals surface area contributed by atoms with Gasteiger partial charge in [-0.3, -0.25) is 4.79 Å². The molecule has 0 aromatic carbocycles. The quantitative estimate of drug-likeness (QED) is 0.759. The lowest BCUT2D eigenvalue weighted by Gasteiger charge is -2.09. The number of rotatable bonds is 4. The minimum absolute atomic E-state index is 0.0875. The van der Waals surface area contributed by atoms with Crippen molar-refractivity contribution in [3.8, 4) is 0 Å². The normalized spacial score (nSPS) is 20.4. The van der Waals surface area contributed by atoms with Gasteiger partial charge in [-0.25, -0.2) is 4.98 Å². The van der Waals surface area contributed by atoms with Crippen LogP contribution in [0.25, 0.3) is 0 Å². The van der Waals surface area contributed by atoms with E-state index in [2.05, 4.69) is 4.98 Å². The average Bonchev–Trinajstić information content (AvgIpc) is 2.86. The molecule has 2 heterocycles. The molecule has 1 aliphatic rings. The number of esters is 1. The number of nitrogens with zero attached hydrogens (tertiary/aromatic N) is 1. The predicted molar refractivity (Wildman–Crippen MR) is 62.3 cm³/mol. The van der Waals surface area contributed by atoms with Crippen molar-refractivity contribution >= 4 is 29.1 Å². The Bertz CT molecular complexity index is 307. The summed E-state index contributed by atoms with van der Waals surface area (Å²) in [5, 5.41) is 1.97. The summed E-state index contributed by atoms with van der Waals surface area (Å²) < 4.78 is 5.33. The molecule has 1 atom stereocenters. The summed E-state index contributed by atoms with van der Waals surface area (Å²) in [6.45, 7) is 0. The van der Waals surface area contributed by atoms with Gasteiger partial charge in [0.05, 0.1) is 17.6 Å². The number of aryl methyl sites for hydroxylation is 1. The summed E-state index contributed by atoms with van der Waals surface area (Å²) >= 11 is 3.41. The van der Waals surface area contributed by atoms with Crippen LogP contribution < -0.4 is 0 Å². The molecule has 0 saturated carbocycles. The van der Waals surface area contributed by atoms with Gasteiger partial charge in [0.1, 0.15) is 6.10 Å². The molecule has 82 valence electrons. The summed E-state index contributed by atoms with van der Waals surface area (Å²) in [6, 6.07) is 0. The molecule has 0 amide bonds. The second kappa shape index (κ2) is 5.51. The SMILES string of the molecule is O=C(CCc1cscn1)O[C@@H]1CCSC1. The highest BCUT2D eigenvalue weighted by molar-refractivity contribution is 7.99. The fraction of sp³-hybridized carbons (Fsp3) is 0.600. The van der Waals surface area contributed by atoms with Crippen molar-refractivity contribution in [1.82, 2.24) is 4.98 Å². The summed E-state index contributed by atoms with van der Waals surface area (Å²) in [6.07, 6.45) is 2.30. The van der Waals surface area contributed by atoms with Crippen LogP contribution in [0.4, 0.5) is 0 Å². The Labute approximate surface area is 97.2 Å². The van der Waals surface area contributed by atoms with Crippen LogP contribution >= 0.6 is 23.1 Å². The molecule has 3 nitrogen and oxygen atoms in total. The summed E-state index contributed by atoms with van der Waals surface area (Å²) in [5.74, 6) is 1.99. The minimum atomic E-state index is -0.0875. The number of carbonyl (C=O) groups is 1. The number of thioether (sulfide) groups is 1. The number of ether oxygens (including phenoxy) is 1. The van der Waals surface area contributed by atoms with Crippen LogP contribution in [0.3, 0.4) is 0 Å². The van der Waals surface area contributed by atoms with Gasteiger partial charge in [-0.05, 0) is 12.2 Å². The molecule has 1 saturated heterocycles. The fourth-order valence-electron chi connectivity index (χ4n) is 1.44. The first-order chi connectivity index (χ1) is 7.34. The van der Waals surface area contributed by atoms with Gasteiger partial charge in [0.25, 0.3) is 0 Å². The van der Waals surface area contributed by atoms with Gasteiger partial charge >= 0.3 is 5.97 Å². The highest BCUT2D eigenvalue weighted by Crippen LogP contribution is 2.20. The Morgan fingerprint density at radius 1 is 1.67 bits per heavy atom. The maximum atomic E-state index is 11.4. The van der Waals surface area contributed by atoms with Gasteiger partial charge in [-0.1, -0.05) is 0 Å². The van der Waals surface area contributed by atoms with E-state index in [0.717, 1.165) is 23.6 Å². The Morgan fingerprint density at radius 3 is 3.27 bits per heavy atom. The second-order valence-corrected chi connectivity index (χ2v) is 5.32. The smallest absolute Gasteiger partial charge is 0.306 e. The molecule has 0 spiro atoms. The third-order valence-corrected chi connectivity index (χ3v) is 4.02. The third-order valence-electron chi connectivity index (χ3n) is 2.25. The first kappa shape index (κ1) is 11.0.